The van der Waals surface area contributed by atoms with Crippen molar-refractivity contribution < 1.29 is 18.4 Å². The van der Waals surface area contributed by atoms with E-state index in [0.29, 0.717) is 48.0 Å². The summed E-state index contributed by atoms with van der Waals surface area (Å²) >= 11 is 0. The molecule has 3 aromatic rings. The smallest absolute Gasteiger partial charge is 0.302 e. The number of alkyl halides is 2. The lowest BCUT2D eigenvalue weighted by Crippen LogP contribution is -2.52. The fourth-order valence-electron chi connectivity index (χ4n) is 6.54. The van der Waals surface area contributed by atoms with Gasteiger partial charge in [-0.15, -0.1) is 0 Å². The zero-order valence-electron chi connectivity index (χ0n) is 28.1. The SMILES string of the molecule is CC(=O)C(C)(F)F.CN1CCN(C2CCN(Cc3ccc(C(=O)NN(CC4CCCC4)c4nc(C#N)nc5nc[nH]c45)cc3)CC2)CC1. The second-order valence-electron chi connectivity index (χ2n) is 13.3. The molecule has 2 N–H and O–H groups in total. The topological polar surface area (TPSA) is 137 Å². The normalized spacial score (nSPS) is 18.7. The van der Waals surface area contributed by atoms with Crippen LogP contribution in [0, 0.1) is 17.2 Å². The number of likely N-dealkylation sites (tertiary alicyclic amines) is 1. The molecule has 2 aromatic heterocycles. The Labute approximate surface area is 280 Å². The van der Waals surface area contributed by atoms with Crippen molar-refractivity contribution in [2.75, 3.05) is 57.9 Å². The first-order valence-corrected chi connectivity index (χ1v) is 16.8. The Morgan fingerprint density at radius 3 is 2.29 bits per heavy atom. The molecule has 48 heavy (non-hydrogen) atoms. The van der Waals surface area contributed by atoms with Crippen molar-refractivity contribution in [2.24, 2.45) is 5.92 Å². The van der Waals surface area contributed by atoms with Crippen LogP contribution in [0.2, 0.25) is 0 Å². The van der Waals surface area contributed by atoms with Gasteiger partial charge in [-0.05, 0) is 69.4 Å². The van der Waals surface area contributed by atoms with E-state index < -0.39 is 11.7 Å². The number of halogens is 2. The lowest BCUT2D eigenvalue weighted by molar-refractivity contribution is -0.138. The van der Waals surface area contributed by atoms with Crippen molar-refractivity contribution >= 4 is 28.7 Å². The molecule has 4 heterocycles. The highest BCUT2D eigenvalue weighted by atomic mass is 19.3. The van der Waals surface area contributed by atoms with Crippen molar-refractivity contribution in [3.05, 3.63) is 47.5 Å². The zero-order valence-corrected chi connectivity index (χ0v) is 28.1. The number of nitrogens with zero attached hydrogens (tertiary/aromatic N) is 8. The summed E-state index contributed by atoms with van der Waals surface area (Å²) in [5, 5.41) is 11.3. The van der Waals surface area contributed by atoms with E-state index in [1.54, 1.807) is 5.01 Å². The number of H-pyrrole nitrogens is 1. The average Bonchev–Trinajstić information content (AvgIpc) is 3.77. The first-order valence-electron chi connectivity index (χ1n) is 16.8. The van der Waals surface area contributed by atoms with Crippen LogP contribution in [0.4, 0.5) is 14.6 Å². The number of carbonyl (C=O) groups excluding carboxylic acids is 2. The average molecular weight is 665 g/mol. The number of likely N-dealkylation sites (N-methyl/N-ethyl adjacent to an activating group) is 1. The number of hydrogen-bond acceptors (Lipinski definition) is 10. The Kier molecular flexibility index (Phi) is 11.7. The number of carbonyl (C=O) groups is 2. The van der Waals surface area contributed by atoms with Gasteiger partial charge < -0.3 is 9.88 Å². The number of imidazole rings is 1. The predicted molar refractivity (Wildman–Crippen MR) is 178 cm³/mol. The second-order valence-corrected chi connectivity index (χ2v) is 13.3. The first kappa shape index (κ1) is 35.3. The molecule has 0 bridgehead atoms. The number of nitriles is 1. The molecule has 14 heteroatoms. The number of piperazine rings is 1. The molecule has 1 aliphatic carbocycles. The van der Waals surface area contributed by atoms with E-state index in [1.807, 2.05) is 18.2 Å². The number of aromatic nitrogens is 4. The van der Waals surface area contributed by atoms with Gasteiger partial charge in [-0.2, -0.15) is 24.0 Å². The third kappa shape index (κ3) is 9.30. The standard InChI is InChI=1S/C30H40N10O.C4H6F2O/c1-37-14-16-39(17-15-37)25-10-12-38(13-11-25)19-23-6-8-24(9-7-23)30(41)36-40(20-22-4-2-3-5-22)29-27-28(33-21-32-27)34-26(18-31)35-29;1-3(7)4(2,5)6/h6-9,21-22,25H,2-5,10-17,19-20H2,1H3,(H,36,41)(H,32,33,34,35);1-2H3. The molecule has 0 spiro atoms. The minimum absolute atomic E-state index is 0.0298. The number of aromatic amines is 1. The van der Waals surface area contributed by atoms with Crippen LogP contribution in [-0.2, 0) is 11.3 Å². The van der Waals surface area contributed by atoms with Gasteiger partial charge in [0, 0.05) is 64.7 Å². The number of nitrogens with one attached hydrogen (secondary N) is 2. The molecule has 0 unspecified atom stereocenters. The quantitative estimate of drug-likeness (QED) is 0.323. The van der Waals surface area contributed by atoms with E-state index in [2.05, 4.69) is 59.2 Å². The highest BCUT2D eigenvalue weighted by Crippen LogP contribution is 2.28. The lowest BCUT2D eigenvalue weighted by Gasteiger charge is -2.42. The van der Waals surface area contributed by atoms with Crippen molar-refractivity contribution in [1.82, 2.24) is 40.1 Å². The number of hydrogen-bond donors (Lipinski definition) is 2. The number of benzene rings is 1. The summed E-state index contributed by atoms with van der Waals surface area (Å²) in [5.74, 6) is -3.49. The number of anilines is 1. The third-order valence-electron chi connectivity index (χ3n) is 9.63. The lowest BCUT2D eigenvalue weighted by atomic mass is 10.0. The molecule has 2 aliphatic heterocycles. The monoisotopic (exact) mass is 664 g/mol. The number of fused-ring (bicyclic) bond motifs is 1. The van der Waals surface area contributed by atoms with Gasteiger partial charge >= 0.3 is 5.92 Å². The fourth-order valence-corrected chi connectivity index (χ4v) is 6.54. The Balaban J connectivity index is 0.000000582. The zero-order chi connectivity index (χ0) is 34.3. The molecule has 258 valence electrons. The molecular formula is C34H46F2N10O2. The van der Waals surface area contributed by atoms with Gasteiger partial charge in [-0.1, -0.05) is 25.0 Å². The Bertz CT molecular complexity index is 1560. The minimum atomic E-state index is -3.14. The summed E-state index contributed by atoms with van der Waals surface area (Å²) in [6.45, 7) is 9.90. The van der Waals surface area contributed by atoms with Crippen LogP contribution in [0.3, 0.4) is 0 Å². The van der Waals surface area contributed by atoms with Crippen molar-refractivity contribution in [3.8, 4) is 6.07 Å². The summed E-state index contributed by atoms with van der Waals surface area (Å²) in [4.78, 5) is 46.7. The summed E-state index contributed by atoms with van der Waals surface area (Å²) in [6, 6.07) is 10.7. The van der Waals surface area contributed by atoms with Crippen LogP contribution >= 0.6 is 0 Å². The molecule has 12 nitrogen and oxygen atoms in total. The number of hydrazine groups is 1. The van der Waals surface area contributed by atoms with Crippen LogP contribution in [-0.4, -0.2) is 111 Å². The number of rotatable bonds is 9. The maximum Gasteiger partial charge on any atom is 0.302 e. The summed E-state index contributed by atoms with van der Waals surface area (Å²) in [5.41, 5.74) is 5.91. The molecule has 1 saturated carbocycles. The van der Waals surface area contributed by atoms with Gasteiger partial charge in [0.1, 0.15) is 11.6 Å². The summed E-state index contributed by atoms with van der Waals surface area (Å²) in [7, 11) is 2.21. The van der Waals surface area contributed by atoms with Crippen molar-refractivity contribution in [2.45, 2.75) is 70.9 Å². The molecule has 3 aliphatic rings. The number of amides is 1. The van der Waals surface area contributed by atoms with Crippen LogP contribution in [0.25, 0.3) is 11.2 Å². The highest BCUT2D eigenvalue weighted by Gasteiger charge is 2.28. The number of Topliss-reactive ketones (excluding diaryl/α,β-unsaturated/α-hetero) is 1. The Morgan fingerprint density at radius 2 is 1.69 bits per heavy atom. The highest BCUT2D eigenvalue weighted by molar-refractivity contribution is 5.96. The van der Waals surface area contributed by atoms with Gasteiger partial charge in [0.15, 0.2) is 17.2 Å². The van der Waals surface area contributed by atoms with E-state index in [1.165, 1.54) is 63.8 Å². The van der Waals surface area contributed by atoms with Crippen LogP contribution in [0.15, 0.2) is 30.6 Å². The molecule has 1 amide bonds. The molecule has 6 rings (SSSR count). The fraction of sp³-hybridized carbons (Fsp3) is 0.588. The van der Waals surface area contributed by atoms with E-state index in [0.717, 1.165) is 39.4 Å². The maximum atomic E-state index is 13.4. The third-order valence-corrected chi connectivity index (χ3v) is 9.63. The predicted octanol–water partition coefficient (Wildman–Crippen LogP) is 4.01. The van der Waals surface area contributed by atoms with Gasteiger partial charge in [0.25, 0.3) is 5.91 Å². The minimum Gasteiger partial charge on any atom is -0.340 e. The molecular weight excluding hydrogens is 618 g/mol. The second kappa shape index (κ2) is 15.9. The van der Waals surface area contributed by atoms with Gasteiger partial charge in [0.2, 0.25) is 5.82 Å². The van der Waals surface area contributed by atoms with Gasteiger partial charge in [-0.3, -0.25) is 29.8 Å². The van der Waals surface area contributed by atoms with Crippen LogP contribution in [0.1, 0.15) is 74.1 Å². The van der Waals surface area contributed by atoms with E-state index in [-0.39, 0.29) is 11.7 Å². The Morgan fingerprint density at radius 1 is 1.04 bits per heavy atom. The largest absolute Gasteiger partial charge is 0.340 e. The van der Waals surface area contributed by atoms with Crippen molar-refractivity contribution in [3.63, 3.8) is 0 Å². The van der Waals surface area contributed by atoms with Crippen LogP contribution < -0.4 is 10.4 Å². The number of ketones is 1. The van der Waals surface area contributed by atoms with E-state index >= 15 is 0 Å². The van der Waals surface area contributed by atoms with Crippen molar-refractivity contribution in [1.29, 1.82) is 5.26 Å². The van der Waals surface area contributed by atoms with Gasteiger partial charge in [0.05, 0.1) is 6.33 Å². The van der Waals surface area contributed by atoms with Crippen LogP contribution in [0.5, 0.6) is 0 Å². The van der Waals surface area contributed by atoms with Gasteiger partial charge in [-0.25, -0.2) is 4.98 Å². The molecule has 1 aromatic carbocycles. The van der Waals surface area contributed by atoms with E-state index in [4.69, 9.17) is 0 Å². The molecule has 2 saturated heterocycles. The first-order chi connectivity index (χ1) is 23.0. The summed E-state index contributed by atoms with van der Waals surface area (Å²) in [6.07, 6.45) is 8.57. The number of piperidine rings is 1. The maximum absolute atomic E-state index is 13.4. The molecule has 0 atom stereocenters. The Hall–Kier alpha value is -4.06. The summed E-state index contributed by atoms with van der Waals surface area (Å²) < 4.78 is 23.0. The molecule has 3 fully saturated rings. The van der Waals surface area contributed by atoms with E-state index in [9.17, 15) is 23.6 Å². The molecule has 0 radical (unpaired) electrons.